The van der Waals surface area contributed by atoms with Crippen molar-refractivity contribution < 1.29 is 27.8 Å². The summed E-state index contributed by atoms with van der Waals surface area (Å²) in [5, 5.41) is 12.1. The maximum Gasteiger partial charge on any atom is 0.573 e. The number of alkyl halides is 3. The minimum atomic E-state index is -4.74. The third kappa shape index (κ3) is 4.92. The van der Waals surface area contributed by atoms with Gasteiger partial charge in [-0.1, -0.05) is 12.1 Å². The quantitative estimate of drug-likeness (QED) is 0.407. The molecule has 7 nitrogen and oxygen atoms in total. The van der Waals surface area contributed by atoms with E-state index in [2.05, 4.69) is 25.0 Å². The number of fused-ring (bicyclic) bond motifs is 1. The van der Waals surface area contributed by atoms with Gasteiger partial charge in [0.05, 0.1) is 16.6 Å². The molecule has 0 atom stereocenters. The van der Waals surface area contributed by atoms with E-state index in [1.54, 1.807) is 30.5 Å². The van der Waals surface area contributed by atoms with Gasteiger partial charge in [-0.15, -0.1) is 13.2 Å². The zero-order chi connectivity index (χ0) is 22.0. The molecule has 31 heavy (non-hydrogen) atoms. The number of hydrogen-bond acceptors (Lipinski definition) is 5. The lowest BCUT2D eigenvalue weighted by Crippen LogP contribution is -2.17. The number of aromatic amines is 1. The predicted octanol–water partition coefficient (Wildman–Crippen LogP) is 4.83. The summed E-state index contributed by atoms with van der Waals surface area (Å²) in [7, 11) is 0. The predicted molar refractivity (Wildman–Crippen MR) is 107 cm³/mol. The molecule has 0 saturated carbocycles. The molecule has 4 aromatic rings. The molecule has 158 valence electrons. The van der Waals surface area contributed by atoms with Gasteiger partial charge in [0.25, 0.3) is 0 Å². The molecule has 0 bridgehead atoms. The van der Waals surface area contributed by atoms with E-state index in [-0.39, 0.29) is 17.9 Å². The Labute approximate surface area is 173 Å². The molecule has 3 N–H and O–H groups in total. The number of rotatable bonds is 6. The Bertz CT molecular complexity index is 1240. The molecule has 0 unspecified atom stereocenters. The summed E-state index contributed by atoms with van der Waals surface area (Å²) in [6, 6.07) is 13.8. The van der Waals surface area contributed by atoms with Crippen LogP contribution in [-0.4, -0.2) is 32.4 Å². The fraction of sp³-hybridized carbons (Fsp3) is 0.0952. The van der Waals surface area contributed by atoms with Crippen LogP contribution in [0.1, 0.15) is 15.9 Å². The molecule has 0 spiro atoms. The molecular formula is C21H15F3N4O3. The number of halogens is 3. The molecule has 0 radical (unpaired) electrons. The van der Waals surface area contributed by atoms with E-state index in [0.717, 1.165) is 0 Å². The Kier molecular flexibility index (Phi) is 5.20. The summed E-state index contributed by atoms with van der Waals surface area (Å²) < 4.78 is 40.9. The minimum Gasteiger partial charge on any atom is -0.478 e. The van der Waals surface area contributed by atoms with Crippen LogP contribution in [0.2, 0.25) is 0 Å². The first-order chi connectivity index (χ1) is 14.8. The summed E-state index contributed by atoms with van der Waals surface area (Å²) in [4.78, 5) is 22.9. The van der Waals surface area contributed by atoms with Crippen molar-refractivity contribution in [1.82, 2.24) is 15.0 Å². The van der Waals surface area contributed by atoms with Crippen LogP contribution in [-0.2, 0) is 6.54 Å². The van der Waals surface area contributed by atoms with Crippen LogP contribution in [0.15, 0.2) is 60.8 Å². The number of anilines is 1. The van der Waals surface area contributed by atoms with Crippen LogP contribution < -0.4 is 10.1 Å². The number of pyridine rings is 1. The lowest BCUT2D eigenvalue weighted by Gasteiger charge is -2.11. The standard InChI is InChI=1S/C21H15F3N4O3/c22-21(23,24)31-15-3-1-2-12(8-15)10-25-18-7-5-14(11-26-18)19-27-16-6-4-13(20(29)30)9-17(16)28-19/h1-9,11H,10H2,(H,25,26)(H,27,28)(H,29,30). The maximum atomic E-state index is 12.3. The highest BCUT2D eigenvalue weighted by molar-refractivity contribution is 5.93. The molecule has 10 heteroatoms. The van der Waals surface area contributed by atoms with Gasteiger partial charge in [0, 0.05) is 18.3 Å². The molecule has 0 fully saturated rings. The number of aromatic nitrogens is 3. The van der Waals surface area contributed by atoms with Gasteiger partial charge in [0.2, 0.25) is 0 Å². The normalized spacial score (nSPS) is 11.5. The number of aromatic carboxylic acids is 1. The third-order valence-electron chi connectivity index (χ3n) is 4.37. The van der Waals surface area contributed by atoms with E-state index >= 15 is 0 Å². The van der Waals surface area contributed by atoms with E-state index in [1.807, 2.05) is 0 Å². The molecular weight excluding hydrogens is 413 g/mol. The smallest absolute Gasteiger partial charge is 0.478 e. The zero-order valence-electron chi connectivity index (χ0n) is 15.8. The monoisotopic (exact) mass is 428 g/mol. The highest BCUT2D eigenvalue weighted by Crippen LogP contribution is 2.24. The van der Waals surface area contributed by atoms with Crippen LogP contribution in [0.25, 0.3) is 22.4 Å². The second-order valence-electron chi connectivity index (χ2n) is 6.60. The molecule has 4 rings (SSSR count). The SMILES string of the molecule is O=C(O)c1ccc2nc(-c3ccc(NCc4cccc(OC(F)(F)F)c4)nc3)[nH]c2c1. The number of benzene rings is 2. The molecule has 0 aliphatic carbocycles. The number of carboxylic acid groups (broad SMARTS) is 1. The first-order valence-electron chi connectivity index (χ1n) is 9.05. The number of carbonyl (C=O) groups is 1. The second-order valence-corrected chi connectivity index (χ2v) is 6.60. The molecule has 2 aromatic carbocycles. The largest absolute Gasteiger partial charge is 0.573 e. The molecule has 0 aliphatic rings. The van der Waals surface area contributed by atoms with Crippen LogP contribution in [0.4, 0.5) is 19.0 Å². The summed E-state index contributed by atoms with van der Waals surface area (Å²) in [6.07, 6.45) is -3.16. The van der Waals surface area contributed by atoms with Gasteiger partial charge in [0.1, 0.15) is 17.4 Å². The van der Waals surface area contributed by atoms with Crippen molar-refractivity contribution in [3.8, 4) is 17.1 Å². The number of nitrogens with zero attached hydrogens (tertiary/aromatic N) is 2. The number of nitrogens with one attached hydrogen (secondary N) is 2. The Morgan fingerprint density at radius 1 is 1.13 bits per heavy atom. The van der Waals surface area contributed by atoms with Crippen molar-refractivity contribution in [2.45, 2.75) is 12.9 Å². The van der Waals surface area contributed by atoms with Gasteiger partial charge in [-0.25, -0.2) is 14.8 Å². The van der Waals surface area contributed by atoms with E-state index < -0.39 is 12.3 Å². The number of H-pyrrole nitrogens is 1. The Hall–Kier alpha value is -4.08. The highest BCUT2D eigenvalue weighted by Gasteiger charge is 2.31. The molecule has 0 amide bonds. The lowest BCUT2D eigenvalue weighted by molar-refractivity contribution is -0.274. The number of imidazole rings is 1. The second kappa shape index (κ2) is 7.98. The summed E-state index contributed by atoms with van der Waals surface area (Å²) in [6.45, 7) is 0.254. The zero-order valence-corrected chi connectivity index (χ0v) is 15.8. The topological polar surface area (TPSA) is 100 Å². The van der Waals surface area contributed by atoms with Crippen molar-refractivity contribution in [3.63, 3.8) is 0 Å². The van der Waals surface area contributed by atoms with E-state index in [4.69, 9.17) is 5.11 Å². The van der Waals surface area contributed by atoms with Crippen molar-refractivity contribution in [2.24, 2.45) is 0 Å². The first-order valence-corrected chi connectivity index (χ1v) is 9.05. The average molecular weight is 428 g/mol. The number of hydrogen-bond donors (Lipinski definition) is 3. The molecule has 0 aliphatic heterocycles. The van der Waals surface area contributed by atoms with Crippen LogP contribution in [0.5, 0.6) is 5.75 Å². The first kappa shape index (κ1) is 20.2. The Morgan fingerprint density at radius 2 is 1.97 bits per heavy atom. The average Bonchev–Trinajstić information content (AvgIpc) is 3.15. The Balaban J connectivity index is 1.45. The fourth-order valence-corrected chi connectivity index (χ4v) is 2.96. The molecule has 0 saturated heterocycles. The van der Waals surface area contributed by atoms with Crippen molar-refractivity contribution in [2.75, 3.05) is 5.32 Å². The summed E-state index contributed by atoms with van der Waals surface area (Å²) >= 11 is 0. The van der Waals surface area contributed by atoms with E-state index in [9.17, 15) is 18.0 Å². The fourth-order valence-electron chi connectivity index (χ4n) is 2.96. The lowest BCUT2D eigenvalue weighted by atomic mass is 10.2. The maximum absolute atomic E-state index is 12.3. The van der Waals surface area contributed by atoms with E-state index in [1.165, 1.54) is 30.3 Å². The number of carboxylic acids is 1. The molecule has 2 aromatic heterocycles. The highest BCUT2D eigenvalue weighted by atomic mass is 19.4. The van der Waals surface area contributed by atoms with Crippen LogP contribution in [0, 0.1) is 0 Å². The number of ether oxygens (including phenoxy) is 1. The summed E-state index contributed by atoms with van der Waals surface area (Å²) in [5.41, 5.74) is 2.67. The van der Waals surface area contributed by atoms with Gasteiger partial charge in [-0.3, -0.25) is 0 Å². The van der Waals surface area contributed by atoms with Gasteiger partial charge >= 0.3 is 12.3 Å². The van der Waals surface area contributed by atoms with Gasteiger partial charge in [0.15, 0.2) is 0 Å². The van der Waals surface area contributed by atoms with Gasteiger partial charge in [-0.2, -0.15) is 0 Å². The third-order valence-corrected chi connectivity index (χ3v) is 4.37. The van der Waals surface area contributed by atoms with Gasteiger partial charge in [-0.05, 0) is 48.0 Å². The minimum absolute atomic E-state index is 0.157. The van der Waals surface area contributed by atoms with Crippen LogP contribution in [0.3, 0.4) is 0 Å². The van der Waals surface area contributed by atoms with Gasteiger partial charge < -0.3 is 20.1 Å². The summed E-state index contributed by atoms with van der Waals surface area (Å²) in [5.74, 6) is -0.250. The van der Waals surface area contributed by atoms with E-state index in [0.29, 0.717) is 33.8 Å². The Morgan fingerprint density at radius 3 is 2.68 bits per heavy atom. The van der Waals surface area contributed by atoms with Crippen LogP contribution >= 0.6 is 0 Å². The molecule has 2 heterocycles. The van der Waals surface area contributed by atoms with Crippen molar-refractivity contribution >= 4 is 22.8 Å². The van der Waals surface area contributed by atoms with Crippen molar-refractivity contribution in [3.05, 3.63) is 71.9 Å². The van der Waals surface area contributed by atoms with Crippen molar-refractivity contribution in [1.29, 1.82) is 0 Å².